The molecule has 4 heterocycles. The van der Waals surface area contributed by atoms with E-state index in [4.69, 9.17) is 0 Å². The predicted molar refractivity (Wildman–Crippen MR) is 95.3 cm³/mol. The number of rotatable bonds is 3. The Balaban J connectivity index is 1.52. The number of nitrogens with zero attached hydrogens (tertiary/aromatic N) is 6. The molecule has 0 N–H and O–H groups in total. The van der Waals surface area contributed by atoms with Crippen LogP contribution in [0.15, 0.2) is 15.9 Å². The van der Waals surface area contributed by atoms with Crippen LogP contribution in [0.2, 0.25) is 0 Å². The highest BCUT2D eigenvalue weighted by Gasteiger charge is 2.43. The zero-order valence-electron chi connectivity index (χ0n) is 14.6. The molecule has 142 valence electrons. The van der Waals surface area contributed by atoms with Crippen molar-refractivity contribution in [3.8, 4) is 0 Å². The largest absolute Gasteiger partial charge is 0.337 e. The van der Waals surface area contributed by atoms with Gasteiger partial charge in [-0.3, -0.25) is 33.2 Å². The molecule has 0 saturated carbocycles. The molecule has 2 aromatic heterocycles. The van der Waals surface area contributed by atoms with Crippen LogP contribution in [0.5, 0.6) is 0 Å². The molecule has 2 aromatic rings. The second-order valence-corrected chi connectivity index (χ2v) is 7.45. The van der Waals surface area contributed by atoms with Gasteiger partial charge >= 0.3 is 5.69 Å². The number of carbonyl (C=O) groups is 3. The molecule has 2 aliphatic heterocycles. The Morgan fingerprint density at radius 2 is 1.89 bits per heavy atom. The summed E-state index contributed by atoms with van der Waals surface area (Å²) in [6, 6.07) is -0.294. The lowest BCUT2D eigenvalue weighted by Gasteiger charge is -2.42. The smallest absolute Gasteiger partial charge is 0.332 e. The van der Waals surface area contributed by atoms with Crippen LogP contribution in [0.25, 0.3) is 11.2 Å². The van der Waals surface area contributed by atoms with Gasteiger partial charge in [0.2, 0.25) is 11.8 Å². The molecule has 3 amide bonds. The normalized spacial score (nSPS) is 17.9. The van der Waals surface area contributed by atoms with Crippen molar-refractivity contribution in [2.75, 3.05) is 18.8 Å². The molecule has 27 heavy (non-hydrogen) atoms. The molecule has 0 aliphatic carbocycles. The molecule has 0 atom stereocenters. The minimum atomic E-state index is -0.523. The van der Waals surface area contributed by atoms with Gasteiger partial charge in [-0.2, -0.15) is 0 Å². The fraction of sp³-hybridized carbons (Fsp3) is 0.467. The number of amides is 3. The number of imidazole rings is 1. The first-order valence-corrected chi connectivity index (χ1v) is 9.15. The zero-order valence-corrected chi connectivity index (χ0v) is 15.4. The van der Waals surface area contributed by atoms with E-state index in [1.165, 1.54) is 39.4 Å². The van der Waals surface area contributed by atoms with Gasteiger partial charge in [-0.1, -0.05) is 11.8 Å². The molecule has 0 radical (unpaired) electrons. The van der Waals surface area contributed by atoms with Crippen LogP contribution < -0.4 is 11.2 Å². The Hall–Kier alpha value is -2.89. The first-order chi connectivity index (χ1) is 12.8. The number of hydrogen-bond donors (Lipinski definition) is 0. The van der Waals surface area contributed by atoms with E-state index >= 15 is 0 Å². The highest BCUT2D eigenvalue weighted by molar-refractivity contribution is 8.14. The van der Waals surface area contributed by atoms with Crippen molar-refractivity contribution < 1.29 is 14.4 Å². The van der Waals surface area contributed by atoms with Gasteiger partial charge < -0.3 is 9.47 Å². The van der Waals surface area contributed by atoms with Crippen molar-refractivity contribution in [1.29, 1.82) is 0 Å². The van der Waals surface area contributed by atoms with Gasteiger partial charge in [-0.25, -0.2) is 9.78 Å². The van der Waals surface area contributed by atoms with Crippen molar-refractivity contribution in [1.82, 2.24) is 28.5 Å². The molecule has 11 nitrogen and oxygen atoms in total. The fourth-order valence-corrected chi connectivity index (χ4v) is 4.08. The van der Waals surface area contributed by atoms with Crippen LogP contribution in [-0.4, -0.2) is 70.4 Å². The topological polar surface area (TPSA) is 120 Å². The summed E-state index contributed by atoms with van der Waals surface area (Å²) >= 11 is 0.968. The van der Waals surface area contributed by atoms with Crippen LogP contribution in [0, 0.1) is 0 Å². The summed E-state index contributed by atoms with van der Waals surface area (Å²) in [6.45, 7) is 0.438. The summed E-state index contributed by atoms with van der Waals surface area (Å²) in [5.41, 5.74) is -0.633. The van der Waals surface area contributed by atoms with E-state index in [1.54, 1.807) is 0 Å². The average molecular weight is 392 g/mol. The number of imide groups is 1. The van der Waals surface area contributed by atoms with E-state index in [-0.39, 0.29) is 59.6 Å². The van der Waals surface area contributed by atoms with Crippen molar-refractivity contribution >= 4 is 40.0 Å². The maximum absolute atomic E-state index is 12.5. The molecule has 0 bridgehead atoms. The molecule has 0 spiro atoms. The third-order valence-corrected chi connectivity index (χ3v) is 5.72. The fourth-order valence-electron chi connectivity index (χ4n) is 3.30. The van der Waals surface area contributed by atoms with Crippen molar-refractivity contribution in [3.63, 3.8) is 0 Å². The lowest BCUT2D eigenvalue weighted by atomic mass is 10.1. The maximum Gasteiger partial charge on any atom is 0.332 e. The van der Waals surface area contributed by atoms with E-state index in [9.17, 15) is 24.0 Å². The van der Waals surface area contributed by atoms with Crippen molar-refractivity contribution in [2.24, 2.45) is 14.1 Å². The average Bonchev–Trinajstić information content (AvgIpc) is 3.15. The molecule has 0 aromatic carbocycles. The molecule has 0 unspecified atom stereocenters. The van der Waals surface area contributed by atoms with Gasteiger partial charge in [-0.15, -0.1) is 0 Å². The van der Waals surface area contributed by atoms with Gasteiger partial charge in [0, 0.05) is 27.2 Å². The Kier molecular flexibility index (Phi) is 3.94. The molecule has 2 saturated heterocycles. The summed E-state index contributed by atoms with van der Waals surface area (Å²) in [7, 11) is 2.87. The molecular formula is C15H16N6O5S. The van der Waals surface area contributed by atoms with Gasteiger partial charge in [0.25, 0.3) is 10.8 Å². The quantitative estimate of drug-likeness (QED) is 0.613. The lowest BCUT2D eigenvalue weighted by Crippen LogP contribution is -2.62. The molecular weight excluding hydrogens is 376 g/mol. The Labute approximate surface area is 156 Å². The second-order valence-electron chi connectivity index (χ2n) is 6.52. The predicted octanol–water partition coefficient (Wildman–Crippen LogP) is -1.66. The lowest BCUT2D eigenvalue weighted by molar-refractivity contribution is -0.142. The zero-order chi connectivity index (χ0) is 19.5. The van der Waals surface area contributed by atoms with Gasteiger partial charge in [-0.05, 0) is 0 Å². The number of thioether (sulfide) groups is 1. The summed E-state index contributed by atoms with van der Waals surface area (Å²) < 4.78 is 3.63. The van der Waals surface area contributed by atoms with Crippen LogP contribution in [0.1, 0.15) is 0 Å². The SMILES string of the molecule is Cn1c(=O)c2c(ncn2CC(=O)N2CC(N3C(=O)CSC3=O)C2)n(C)c1=O. The van der Waals surface area contributed by atoms with Crippen LogP contribution in [0.3, 0.4) is 0 Å². The third-order valence-electron chi connectivity index (χ3n) is 4.89. The Morgan fingerprint density at radius 1 is 1.19 bits per heavy atom. The van der Waals surface area contributed by atoms with Gasteiger partial charge in [0.05, 0.1) is 18.1 Å². The number of carbonyl (C=O) groups excluding carboxylic acids is 3. The number of hydrogen-bond acceptors (Lipinski definition) is 7. The van der Waals surface area contributed by atoms with Gasteiger partial charge in [0.1, 0.15) is 6.54 Å². The second kappa shape index (κ2) is 6.08. The van der Waals surface area contributed by atoms with Crippen molar-refractivity contribution in [2.45, 2.75) is 12.6 Å². The number of aryl methyl sites for hydroxylation is 1. The summed E-state index contributed by atoms with van der Waals surface area (Å²) in [5, 5.41) is -0.276. The highest BCUT2D eigenvalue weighted by atomic mass is 32.2. The molecule has 2 fully saturated rings. The van der Waals surface area contributed by atoms with Crippen LogP contribution in [0.4, 0.5) is 4.79 Å². The van der Waals surface area contributed by atoms with Crippen LogP contribution >= 0.6 is 11.8 Å². The number of aromatic nitrogens is 4. The van der Waals surface area contributed by atoms with E-state index < -0.39 is 11.2 Å². The maximum atomic E-state index is 12.5. The Bertz CT molecular complexity index is 1090. The van der Waals surface area contributed by atoms with E-state index in [2.05, 4.69) is 4.98 Å². The first kappa shape index (κ1) is 17.5. The highest BCUT2D eigenvalue weighted by Crippen LogP contribution is 2.26. The third kappa shape index (κ3) is 2.59. The number of likely N-dealkylation sites (tertiary alicyclic amines) is 1. The summed E-state index contributed by atoms with van der Waals surface area (Å²) in [5.74, 6) is -0.341. The first-order valence-electron chi connectivity index (χ1n) is 8.17. The summed E-state index contributed by atoms with van der Waals surface area (Å²) in [4.78, 5) is 67.1. The minimum absolute atomic E-state index is 0.118. The minimum Gasteiger partial charge on any atom is -0.337 e. The molecule has 12 heteroatoms. The standard InChI is InChI=1S/C15H16N6O5S/c1-17-12-11(13(24)18(2)14(17)25)20(7-16-12)5-9(22)19-3-8(4-19)21-10(23)6-27-15(21)26/h7-8H,3-6H2,1-2H3. The molecule has 2 aliphatic rings. The van der Waals surface area contributed by atoms with Crippen molar-refractivity contribution in [3.05, 3.63) is 27.2 Å². The number of fused-ring (bicyclic) bond motifs is 1. The summed E-state index contributed by atoms with van der Waals surface area (Å²) in [6.07, 6.45) is 1.35. The van der Waals surface area contributed by atoms with Gasteiger partial charge in [0.15, 0.2) is 11.2 Å². The van der Waals surface area contributed by atoms with E-state index in [1.807, 2.05) is 0 Å². The van der Waals surface area contributed by atoms with E-state index in [0.29, 0.717) is 0 Å². The van der Waals surface area contributed by atoms with E-state index in [0.717, 1.165) is 16.3 Å². The monoisotopic (exact) mass is 392 g/mol. The molecule has 4 rings (SSSR count). The Morgan fingerprint density at radius 3 is 2.52 bits per heavy atom. The van der Waals surface area contributed by atoms with Crippen LogP contribution in [-0.2, 0) is 30.2 Å².